The van der Waals surface area contributed by atoms with Crippen molar-refractivity contribution in [1.82, 2.24) is 0 Å². The number of hydrogen-bond donors (Lipinski definition) is 1. The van der Waals surface area contributed by atoms with Crippen LogP contribution in [0.2, 0.25) is 0 Å². The van der Waals surface area contributed by atoms with E-state index in [1.807, 2.05) is 0 Å². The number of hydrogen-bond acceptors (Lipinski definition) is 3. The lowest BCUT2D eigenvalue weighted by atomic mass is 10.1. The second kappa shape index (κ2) is 4.63. The Morgan fingerprint density at radius 2 is 1.94 bits per heavy atom. The molecule has 0 aliphatic rings. The lowest BCUT2D eigenvalue weighted by Gasteiger charge is -2.15. The van der Waals surface area contributed by atoms with Gasteiger partial charge in [0.25, 0.3) is 0 Å². The first-order chi connectivity index (χ1) is 7.68. The molecule has 17 heavy (non-hydrogen) atoms. The highest BCUT2D eigenvalue weighted by Crippen LogP contribution is 2.34. The van der Waals surface area contributed by atoms with Crippen molar-refractivity contribution in [3.8, 4) is 0 Å². The zero-order valence-corrected chi connectivity index (χ0v) is 9.60. The Labute approximate surface area is 96.2 Å². The molecular weight excluding hydrogens is 259 g/mol. The fraction of sp³-hybridized carbons (Fsp3) is 0.333. The summed E-state index contributed by atoms with van der Waals surface area (Å²) in [5, 5.41) is 4.85. The maximum absolute atomic E-state index is 12.6. The highest BCUT2D eigenvalue weighted by molar-refractivity contribution is 7.89. The third-order valence-corrected chi connectivity index (χ3v) is 3.03. The van der Waals surface area contributed by atoms with E-state index in [1.54, 1.807) is 0 Å². The van der Waals surface area contributed by atoms with E-state index in [0.29, 0.717) is 0 Å². The van der Waals surface area contributed by atoms with E-state index in [9.17, 15) is 21.6 Å². The zero-order valence-electron chi connectivity index (χ0n) is 8.78. The van der Waals surface area contributed by atoms with E-state index >= 15 is 0 Å². The van der Waals surface area contributed by atoms with Gasteiger partial charge in [-0.05, 0) is 12.1 Å². The second-order valence-corrected chi connectivity index (χ2v) is 4.79. The quantitative estimate of drug-likeness (QED) is 0.904. The van der Waals surface area contributed by atoms with E-state index in [1.165, 1.54) is 7.11 Å². The van der Waals surface area contributed by atoms with Gasteiger partial charge >= 0.3 is 6.18 Å². The maximum Gasteiger partial charge on any atom is 0.416 e. The standard InChI is InChI=1S/C9H10F3NO3S/c1-16-5-6-7(9(10,11)12)3-2-4-8(6)17(13,14)15/h2-4H,5H2,1H3,(H2,13,14,15). The van der Waals surface area contributed by atoms with Gasteiger partial charge in [-0.3, -0.25) is 0 Å². The van der Waals surface area contributed by atoms with Gasteiger partial charge in [-0.1, -0.05) is 6.07 Å². The normalized spacial score (nSPS) is 12.8. The molecule has 96 valence electrons. The van der Waals surface area contributed by atoms with Crippen LogP contribution in [0.5, 0.6) is 0 Å². The molecule has 8 heteroatoms. The number of halogens is 3. The summed E-state index contributed by atoms with van der Waals surface area (Å²) in [5.74, 6) is 0. The van der Waals surface area contributed by atoms with Gasteiger partial charge in [-0.15, -0.1) is 0 Å². The molecule has 0 aliphatic carbocycles. The van der Waals surface area contributed by atoms with E-state index in [0.717, 1.165) is 18.2 Å². The molecule has 0 saturated heterocycles. The van der Waals surface area contributed by atoms with Crippen molar-refractivity contribution >= 4 is 10.0 Å². The average Bonchev–Trinajstić information content (AvgIpc) is 2.15. The maximum atomic E-state index is 12.6. The summed E-state index contributed by atoms with van der Waals surface area (Å²) in [7, 11) is -3.05. The molecule has 0 fully saturated rings. The van der Waals surface area contributed by atoms with Crippen molar-refractivity contribution in [1.29, 1.82) is 0 Å². The smallest absolute Gasteiger partial charge is 0.380 e. The Hall–Kier alpha value is -1.12. The molecule has 0 bridgehead atoms. The number of ether oxygens (including phenoxy) is 1. The number of rotatable bonds is 3. The Kier molecular flexibility index (Phi) is 3.80. The largest absolute Gasteiger partial charge is 0.416 e. The number of benzene rings is 1. The number of alkyl halides is 3. The minimum absolute atomic E-state index is 0.481. The van der Waals surface area contributed by atoms with Gasteiger partial charge in [-0.25, -0.2) is 13.6 Å². The summed E-state index contributed by atoms with van der Waals surface area (Å²) in [4.78, 5) is -0.575. The van der Waals surface area contributed by atoms with Gasteiger partial charge in [0.1, 0.15) is 0 Å². The fourth-order valence-corrected chi connectivity index (χ4v) is 2.17. The fourth-order valence-electron chi connectivity index (χ4n) is 1.39. The molecule has 0 amide bonds. The van der Waals surface area contributed by atoms with Crippen LogP contribution in [0.4, 0.5) is 13.2 Å². The van der Waals surface area contributed by atoms with E-state index in [2.05, 4.69) is 4.74 Å². The lowest BCUT2D eigenvalue weighted by molar-refractivity contribution is -0.139. The molecule has 0 aliphatic heterocycles. The first-order valence-electron chi connectivity index (χ1n) is 4.38. The molecule has 0 heterocycles. The summed E-state index contributed by atoms with van der Waals surface area (Å²) in [6.45, 7) is -0.485. The van der Waals surface area contributed by atoms with Crippen LogP contribution >= 0.6 is 0 Å². The second-order valence-electron chi connectivity index (χ2n) is 3.26. The molecule has 4 nitrogen and oxygen atoms in total. The summed E-state index contributed by atoms with van der Waals surface area (Å²) in [5.41, 5.74) is -1.55. The number of nitrogens with two attached hydrogens (primary N) is 1. The monoisotopic (exact) mass is 269 g/mol. The molecule has 0 aromatic heterocycles. The van der Waals surface area contributed by atoms with Crippen LogP contribution in [0.1, 0.15) is 11.1 Å². The van der Waals surface area contributed by atoms with Crippen molar-refractivity contribution in [2.45, 2.75) is 17.7 Å². The highest BCUT2D eigenvalue weighted by Gasteiger charge is 2.35. The Balaban J connectivity index is 3.54. The van der Waals surface area contributed by atoms with Crippen LogP contribution in [0, 0.1) is 0 Å². The number of sulfonamides is 1. The van der Waals surface area contributed by atoms with Crippen LogP contribution < -0.4 is 5.14 Å². The SMILES string of the molecule is COCc1c(C(F)(F)F)cccc1S(N)(=O)=O. The van der Waals surface area contributed by atoms with Gasteiger partial charge in [0.05, 0.1) is 17.1 Å². The molecule has 0 saturated carbocycles. The Morgan fingerprint density at radius 3 is 2.35 bits per heavy atom. The molecule has 0 radical (unpaired) electrons. The van der Waals surface area contributed by atoms with E-state index < -0.39 is 38.8 Å². The predicted octanol–water partition coefficient (Wildman–Crippen LogP) is 1.50. The van der Waals surface area contributed by atoms with Crippen molar-refractivity contribution in [3.63, 3.8) is 0 Å². The summed E-state index contributed by atoms with van der Waals surface area (Å²) in [6.07, 6.45) is -4.66. The molecular formula is C9H10F3NO3S. The van der Waals surface area contributed by atoms with Crippen LogP contribution in [-0.4, -0.2) is 15.5 Å². The van der Waals surface area contributed by atoms with Gasteiger partial charge in [0, 0.05) is 12.7 Å². The zero-order chi connectivity index (χ0) is 13.3. The molecule has 2 N–H and O–H groups in total. The van der Waals surface area contributed by atoms with Crippen LogP contribution in [0.3, 0.4) is 0 Å². The number of primary sulfonamides is 1. The highest BCUT2D eigenvalue weighted by atomic mass is 32.2. The van der Waals surface area contributed by atoms with Crippen molar-refractivity contribution in [2.24, 2.45) is 5.14 Å². The minimum atomic E-state index is -4.66. The average molecular weight is 269 g/mol. The lowest BCUT2D eigenvalue weighted by Crippen LogP contribution is -2.19. The van der Waals surface area contributed by atoms with E-state index in [4.69, 9.17) is 5.14 Å². The third kappa shape index (κ3) is 3.18. The van der Waals surface area contributed by atoms with Gasteiger partial charge in [0.2, 0.25) is 10.0 Å². The molecule has 1 aromatic carbocycles. The van der Waals surface area contributed by atoms with Gasteiger partial charge < -0.3 is 4.74 Å². The van der Waals surface area contributed by atoms with Crippen molar-refractivity contribution in [2.75, 3.05) is 7.11 Å². The number of methoxy groups -OCH3 is 1. The van der Waals surface area contributed by atoms with Crippen molar-refractivity contribution < 1.29 is 26.3 Å². The van der Waals surface area contributed by atoms with Gasteiger partial charge in [0.15, 0.2) is 0 Å². The Bertz CT molecular complexity index is 511. The Morgan fingerprint density at radius 1 is 1.35 bits per heavy atom. The predicted molar refractivity (Wildman–Crippen MR) is 53.5 cm³/mol. The van der Waals surface area contributed by atoms with Crippen LogP contribution in [0.15, 0.2) is 23.1 Å². The van der Waals surface area contributed by atoms with Crippen LogP contribution in [-0.2, 0) is 27.5 Å². The summed E-state index contributed by atoms with van der Waals surface area (Å²) >= 11 is 0. The first kappa shape index (κ1) is 13.9. The van der Waals surface area contributed by atoms with Gasteiger partial charge in [-0.2, -0.15) is 13.2 Å². The minimum Gasteiger partial charge on any atom is -0.380 e. The molecule has 0 unspecified atom stereocenters. The summed E-state index contributed by atoms with van der Waals surface area (Å²) in [6, 6.07) is 2.78. The van der Waals surface area contributed by atoms with Crippen molar-refractivity contribution in [3.05, 3.63) is 29.3 Å². The van der Waals surface area contributed by atoms with Crippen LogP contribution in [0.25, 0.3) is 0 Å². The first-order valence-corrected chi connectivity index (χ1v) is 5.93. The third-order valence-electron chi connectivity index (χ3n) is 2.03. The molecule has 0 atom stereocenters. The molecule has 1 aromatic rings. The molecule has 1 rings (SSSR count). The summed E-state index contributed by atoms with van der Waals surface area (Å²) < 4.78 is 64.9. The van der Waals surface area contributed by atoms with E-state index in [-0.39, 0.29) is 0 Å². The molecule has 0 spiro atoms. The topological polar surface area (TPSA) is 69.4 Å².